The van der Waals surface area contributed by atoms with E-state index in [9.17, 15) is 19.2 Å². The Bertz CT molecular complexity index is 1060. The summed E-state index contributed by atoms with van der Waals surface area (Å²) in [5.41, 5.74) is 0. The first-order chi connectivity index (χ1) is 22.0. The molecule has 0 aromatic carbocycles. The number of Topliss-reactive ketones (excluding diaryl/α,β-unsaturated/α-hetero) is 1. The van der Waals surface area contributed by atoms with E-state index in [0.29, 0.717) is 24.3 Å². The van der Waals surface area contributed by atoms with Crippen LogP contribution in [0, 0.1) is 35.5 Å². The van der Waals surface area contributed by atoms with E-state index in [4.69, 9.17) is 4.74 Å². The lowest BCUT2D eigenvalue weighted by atomic mass is 10.1. The van der Waals surface area contributed by atoms with Gasteiger partial charge in [-0.05, 0) is 116 Å². The number of likely N-dealkylation sites (N-methyl/N-ethyl adjacent to an activating group) is 4. The normalized spacial score (nSPS) is 34.5. The van der Waals surface area contributed by atoms with Gasteiger partial charge in [-0.2, -0.15) is 0 Å². The second-order valence-electron chi connectivity index (χ2n) is 14.8. The van der Waals surface area contributed by atoms with E-state index < -0.39 is 0 Å². The molecule has 46 heavy (non-hydrogen) atoms. The number of likely N-dealkylation sites (tertiary alicyclic amines) is 3. The number of ketones is 1. The Morgan fingerprint density at radius 1 is 0.674 bits per heavy atom. The van der Waals surface area contributed by atoms with Crippen molar-refractivity contribution in [3.05, 3.63) is 0 Å². The van der Waals surface area contributed by atoms with Gasteiger partial charge in [0.2, 0.25) is 17.7 Å². The molecule has 6 fully saturated rings. The van der Waals surface area contributed by atoms with Gasteiger partial charge >= 0.3 is 0 Å². The molecule has 3 aliphatic carbocycles. The van der Waals surface area contributed by atoms with Crippen LogP contribution in [0.15, 0.2) is 0 Å². The number of amides is 3. The van der Waals surface area contributed by atoms with Gasteiger partial charge in [-0.3, -0.25) is 19.2 Å². The summed E-state index contributed by atoms with van der Waals surface area (Å²) in [6.07, 6.45) is 6.84. The van der Waals surface area contributed by atoms with E-state index in [0.717, 1.165) is 82.2 Å². The lowest BCUT2D eigenvalue weighted by molar-refractivity contribution is -0.136. The van der Waals surface area contributed by atoms with Crippen molar-refractivity contribution in [2.45, 2.75) is 63.6 Å². The average Bonchev–Trinajstić information content (AvgIpc) is 3.92. The minimum atomic E-state index is -0.0816. The maximum atomic E-state index is 12.2. The van der Waals surface area contributed by atoms with Gasteiger partial charge < -0.3 is 40.3 Å². The maximum absolute atomic E-state index is 12.2. The molecule has 0 aromatic rings. The summed E-state index contributed by atoms with van der Waals surface area (Å²) < 4.78 is 5.04. The van der Waals surface area contributed by atoms with Gasteiger partial charge in [0.15, 0.2) is 0 Å². The van der Waals surface area contributed by atoms with Crippen molar-refractivity contribution in [2.24, 2.45) is 35.5 Å². The number of rotatable bonds is 11. The number of fused-ring (bicyclic) bond motifs is 3. The Morgan fingerprint density at radius 2 is 1.07 bits per heavy atom. The molecule has 9 atom stereocenters. The third-order valence-corrected chi connectivity index (χ3v) is 10.9. The van der Waals surface area contributed by atoms with Crippen LogP contribution in [-0.2, 0) is 23.9 Å². The van der Waals surface area contributed by atoms with E-state index in [1.807, 2.05) is 26.0 Å². The first-order valence-electron chi connectivity index (χ1n) is 17.5. The smallest absolute Gasteiger partial charge is 0.240 e. The van der Waals surface area contributed by atoms with Crippen molar-refractivity contribution in [1.29, 1.82) is 0 Å². The lowest BCUT2D eigenvalue weighted by Crippen LogP contribution is -2.46. The van der Waals surface area contributed by atoms with Crippen LogP contribution in [0.3, 0.4) is 0 Å². The fraction of sp³-hybridized carbons (Fsp3) is 0.882. The number of hydrogen-bond donors (Lipinski definition) is 3. The highest BCUT2D eigenvalue weighted by atomic mass is 16.5. The maximum Gasteiger partial charge on any atom is 0.240 e. The number of nitrogens with one attached hydrogen (secondary N) is 3. The second kappa shape index (κ2) is 16.8. The predicted molar refractivity (Wildman–Crippen MR) is 178 cm³/mol. The minimum absolute atomic E-state index is 0.0272. The Hall–Kier alpha value is -2.12. The van der Waals surface area contributed by atoms with E-state index >= 15 is 0 Å². The molecular weight excluding hydrogens is 586 g/mol. The molecular formula is C34H61N7O5. The van der Waals surface area contributed by atoms with Crippen LogP contribution in [0.2, 0.25) is 0 Å². The Labute approximate surface area is 276 Å². The zero-order valence-corrected chi connectivity index (χ0v) is 29.4. The predicted octanol–water partition coefficient (Wildman–Crippen LogP) is 0.125. The summed E-state index contributed by atoms with van der Waals surface area (Å²) in [5.74, 6) is 5.17. The topological polar surface area (TPSA) is 127 Å². The first-order valence-corrected chi connectivity index (χ1v) is 17.5. The highest BCUT2D eigenvalue weighted by Gasteiger charge is 2.47. The van der Waals surface area contributed by atoms with E-state index in [-0.39, 0.29) is 42.3 Å². The number of carbonyl (C=O) groups excluding carboxylic acids is 4. The molecule has 0 bridgehead atoms. The molecule has 3 saturated carbocycles. The van der Waals surface area contributed by atoms with Gasteiger partial charge in [0, 0.05) is 46.4 Å². The molecule has 262 valence electrons. The largest absolute Gasteiger partial charge is 0.383 e. The number of methoxy groups -OCH3 is 1. The summed E-state index contributed by atoms with van der Waals surface area (Å²) >= 11 is 0. The molecule has 6 rings (SSSR count). The molecule has 3 saturated heterocycles. The lowest BCUT2D eigenvalue weighted by Gasteiger charge is -2.26. The molecule has 3 heterocycles. The summed E-state index contributed by atoms with van der Waals surface area (Å²) in [4.78, 5) is 55.2. The second-order valence-corrected chi connectivity index (χ2v) is 14.8. The summed E-state index contributed by atoms with van der Waals surface area (Å²) in [7, 11) is 11.4. The molecule has 3 aliphatic heterocycles. The Morgan fingerprint density at radius 3 is 1.43 bits per heavy atom. The molecule has 12 nitrogen and oxygen atoms in total. The molecule has 0 aromatic heterocycles. The highest BCUT2D eigenvalue weighted by molar-refractivity contribution is 5.88. The van der Waals surface area contributed by atoms with Crippen molar-refractivity contribution in [1.82, 2.24) is 35.6 Å². The third kappa shape index (κ3) is 10.2. The molecule has 3 amide bonds. The molecule has 6 aliphatic rings. The van der Waals surface area contributed by atoms with Crippen LogP contribution in [0.1, 0.15) is 45.4 Å². The van der Waals surface area contributed by atoms with Crippen molar-refractivity contribution in [3.8, 4) is 0 Å². The third-order valence-electron chi connectivity index (χ3n) is 10.9. The van der Waals surface area contributed by atoms with Crippen molar-refractivity contribution < 1.29 is 23.9 Å². The van der Waals surface area contributed by atoms with Crippen LogP contribution in [-0.4, -0.2) is 156 Å². The standard InChI is InChI=1S/C12H23N3O.C11H18N2O2.C11H20N2O2/c1-13-11-7-9-6-10(9)8-15(12(11)16)5-4-14(2)3;1-7(14)5-13-6-9-3-8(9)4-10(12-2)11(13)15;1-12-10-6-8-5-9(8)7-13(11(10)14)3-4-15-2/h9-11,13H,4-8H2,1-3H3;8-10,12H,3-6H2,1-2H3;8-10,12H,3-7H2,1-2H3. The zero-order valence-electron chi connectivity index (χ0n) is 29.4. The number of carbonyl (C=O) groups is 4. The molecule has 12 heteroatoms. The molecule has 0 spiro atoms. The van der Waals surface area contributed by atoms with Gasteiger partial charge in [-0.1, -0.05) is 0 Å². The zero-order chi connectivity index (χ0) is 33.5. The van der Waals surface area contributed by atoms with Crippen LogP contribution in [0.4, 0.5) is 0 Å². The van der Waals surface area contributed by atoms with Crippen LogP contribution in [0.5, 0.6) is 0 Å². The van der Waals surface area contributed by atoms with Gasteiger partial charge in [0.05, 0.1) is 31.3 Å². The van der Waals surface area contributed by atoms with E-state index in [1.165, 1.54) is 26.2 Å². The van der Waals surface area contributed by atoms with Crippen molar-refractivity contribution >= 4 is 23.5 Å². The summed E-state index contributed by atoms with van der Waals surface area (Å²) in [6.45, 7) is 7.71. The first kappa shape index (κ1) is 36.7. The number of ether oxygens (including phenoxy) is 1. The van der Waals surface area contributed by atoms with E-state index in [1.54, 1.807) is 12.0 Å². The number of hydrogen-bond acceptors (Lipinski definition) is 9. The quantitative estimate of drug-likeness (QED) is 0.287. The molecule has 3 N–H and O–H groups in total. The SMILES string of the molecule is CNC1CC2CC2CN(CC(C)=O)C1=O.CNC1CC2CC2CN(CCN(C)C)C1=O.CNC1CC2CC2CN(CCOC)C1=O. The van der Waals surface area contributed by atoms with Crippen LogP contribution in [0.25, 0.3) is 0 Å². The van der Waals surface area contributed by atoms with Crippen molar-refractivity contribution in [2.75, 3.05) is 94.8 Å². The molecule has 9 unspecified atom stereocenters. The average molecular weight is 648 g/mol. The van der Waals surface area contributed by atoms with Crippen LogP contribution >= 0.6 is 0 Å². The van der Waals surface area contributed by atoms with Gasteiger partial charge in [-0.15, -0.1) is 0 Å². The fourth-order valence-corrected chi connectivity index (χ4v) is 7.52. The van der Waals surface area contributed by atoms with Gasteiger partial charge in [0.1, 0.15) is 5.78 Å². The number of nitrogens with zero attached hydrogens (tertiary/aromatic N) is 4. The molecule has 0 radical (unpaired) electrons. The van der Waals surface area contributed by atoms with Crippen LogP contribution < -0.4 is 16.0 Å². The monoisotopic (exact) mass is 647 g/mol. The van der Waals surface area contributed by atoms with Gasteiger partial charge in [0.25, 0.3) is 0 Å². The van der Waals surface area contributed by atoms with Gasteiger partial charge in [-0.25, -0.2) is 0 Å². The summed E-state index contributed by atoms with van der Waals surface area (Å²) in [5, 5.41) is 9.34. The Kier molecular flexibility index (Phi) is 13.4. The summed E-state index contributed by atoms with van der Waals surface area (Å²) in [6, 6.07) is 0.000804. The minimum Gasteiger partial charge on any atom is -0.383 e. The van der Waals surface area contributed by atoms with Crippen molar-refractivity contribution in [3.63, 3.8) is 0 Å². The van der Waals surface area contributed by atoms with E-state index in [2.05, 4.69) is 39.8 Å². The fourth-order valence-electron chi connectivity index (χ4n) is 7.52. The highest BCUT2D eigenvalue weighted by Crippen LogP contribution is 2.46. The Balaban J connectivity index is 0.000000157.